The number of amides is 1. The summed E-state index contributed by atoms with van der Waals surface area (Å²) in [5, 5.41) is 2.90. The maximum atomic E-state index is 11.7. The van der Waals surface area contributed by atoms with Gasteiger partial charge in [0, 0.05) is 22.8 Å². The minimum Gasteiger partial charge on any atom is -0.362 e. The molecule has 0 aliphatic rings. The molecule has 1 amide bonds. The Morgan fingerprint density at radius 3 is 2.68 bits per heavy atom. The summed E-state index contributed by atoms with van der Waals surface area (Å²) >= 11 is 3.36. The van der Waals surface area contributed by atoms with Gasteiger partial charge < -0.3 is 10.3 Å². The molecule has 100 valence electrons. The van der Waals surface area contributed by atoms with E-state index in [1.54, 1.807) is 0 Å². The second-order valence-electron chi connectivity index (χ2n) is 4.61. The lowest BCUT2D eigenvalue weighted by atomic mass is 10.1. The molecule has 0 radical (unpaired) electrons. The summed E-state index contributed by atoms with van der Waals surface area (Å²) in [6, 6.07) is 10.3. The van der Waals surface area contributed by atoms with Crippen molar-refractivity contribution >= 4 is 21.8 Å². The van der Waals surface area contributed by atoms with E-state index in [9.17, 15) is 4.79 Å². The van der Waals surface area contributed by atoms with Gasteiger partial charge in [0.2, 0.25) is 5.91 Å². The van der Waals surface area contributed by atoms with Crippen LogP contribution in [0, 0.1) is 6.92 Å². The van der Waals surface area contributed by atoms with Crippen molar-refractivity contribution in [3.8, 4) is 0 Å². The molecule has 1 aromatic carbocycles. The molecule has 0 saturated heterocycles. The van der Waals surface area contributed by atoms with Crippen LogP contribution in [0.25, 0.3) is 0 Å². The number of aromatic nitrogens is 1. The van der Waals surface area contributed by atoms with Crippen molar-refractivity contribution in [2.24, 2.45) is 0 Å². The molecule has 2 N–H and O–H groups in total. The van der Waals surface area contributed by atoms with Gasteiger partial charge in [0.25, 0.3) is 0 Å². The number of benzene rings is 1. The largest absolute Gasteiger partial charge is 0.362 e. The van der Waals surface area contributed by atoms with Crippen LogP contribution in [0.5, 0.6) is 0 Å². The number of hydrogen-bond acceptors (Lipinski definition) is 1. The van der Waals surface area contributed by atoms with Crippen LogP contribution in [-0.2, 0) is 17.8 Å². The molecule has 2 rings (SSSR count). The zero-order valence-corrected chi connectivity index (χ0v) is 12.5. The predicted molar refractivity (Wildman–Crippen MR) is 79.8 cm³/mol. The van der Waals surface area contributed by atoms with Crippen LogP contribution in [0.2, 0.25) is 0 Å². The van der Waals surface area contributed by atoms with Crippen molar-refractivity contribution in [2.75, 3.05) is 0 Å². The van der Waals surface area contributed by atoms with Gasteiger partial charge in [-0.3, -0.25) is 4.79 Å². The van der Waals surface area contributed by atoms with E-state index in [1.165, 1.54) is 11.1 Å². The molecule has 0 fully saturated rings. The molecule has 0 atom stereocenters. The average molecular weight is 321 g/mol. The van der Waals surface area contributed by atoms with Crippen molar-refractivity contribution in [3.63, 3.8) is 0 Å². The van der Waals surface area contributed by atoms with Crippen molar-refractivity contribution in [1.29, 1.82) is 0 Å². The number of rotatable bonds is 5. The molecule has 0 spiro atoms. The number of H-pyrrole nitrogens is 1. The fourth-order valence-electron chi connectivity index (χ4n) is 1.81. The van der Waals surface area contributed by atoms with E-state index in [0.717, 1.165) is 16.6 Å². The molecule has 0 aliphatic carbocycles. The van der Waals surface area contributed by atoms with E-state index in [2.05, 4.69) is 57.4 Å². The monoisotopic (exact) mass is 320 g/mol. The number of aromatic amines is 1. The fourth-order valence-corrected chi connectivity index (χ4v) is 2.20. The van der Waals surface area contributed by atoms with Crippen LogP contribution < -0.4 is 5.32 Å². The summed E-state index contributed by atoms with van der Waals surface area (Å²) in [6.45, 7) is 2.60. The Morgan fingerprint density at radius 2 is 2.05 bits per heavy atom. The molecule has 0 saturated carbocycles. The highest BCUT2D eigenvalue weighted by atomic mass is 79.9. The van der Waals surface area contributed by atoms with Gasteiger partial charge in [-0.25, -0.2) is 0 Å². The molecular formula is C15H17BrN2O. The molecule has 4 heteroatoms. The molecule has 0 aliphatic heterocycles. The molecule has 0 unspecified atom stereocenters. The van der Waals surface area contributed by atoms with Crippen LogP contribution >= 0.6 is 15.9 Å². The van der Waals surface area contributed by atoms with E-state index in [-0.39, 0.29) is 5.91 Å². The summed E-state index contributed by atoms with van der Waals surface area (Å²) in [4.78, 5) is 14.8. The van der Waals surface area contributed by atoms with E-state index in [4.69, 9.17) is 0 Å². The minimum atomic E-state index is 0.0753. The highest BCUT2D eigenvalue weighted by Crippen LogP contribution is 2.10. The molecule has 3 nitrogen and oxygen atoms in total. The molecule has 1 heterocycles. The number of aryl methyl sites for hydroxylation is 2. The highest BCUT2D eigenvalue weighted by Gasteiger charge is 2.03. The summed E-state index contributed by atoms with van der Waals surface area (Å²) in [5.41, 5.74) is 3.43. The Balaban J connectivity index is 1.74. The fraction of sp³-hybridized carbons (Fsp3) is 0.267. The molecule has 19 heavy (non-hydrogen) atoms. The molecule has 0 bridgehead atoms. The number of nitrogens with one attached hydrogen (secondary N) is 2. The van der Waals surface area contributed by atoms with E-state index < -0.39 is 0 Å². The summed E-state index contributed by atoms with van der Waals surface area (Å²) < 4.78 is 0.997. The minimum absolute atomic E-state index is 0.0753. The highest BCUT2D eigenvalue weighted by molar-refractivity contribution is 9.10. The summed E-state index contributed by atoms with van der Waals surface area (Å²) in [6.07, 6.45) is 3.15. The second-order valence-corrected chi connectivity index (χ2v) is 5.52. The van der Waals surface area contributed by atoms with Gasteiger partial charge in [-0.15, -0.1) is 0 Å². The van der Waals surface area contributed by atoms with Crippen LogP contribution in [0.1, 0.15) is 23.2 Å². The Morgan fingerprint density at radius 1 is 1.32 bits per heavy atom. The van der Waals surface area contributed by atoms with Crippen LogP contribution in [-0.4, -0.2) is 10.9 Å². The lowest BCUT2D eigenvalue weighted by molar-refractivity contribution is -0.121. The first-order valence-electron chi connectivity index (χ1n) is 6.28. The van der Waals surface area contributed by atoms with Gasteiger partial charge in [0.05, 0.1) is 6.54 Å². The topological polar surface area (TPSA) is 44.9 Å². The molecule has 1 aromatic heterocycles. The maximum absolute atomic E-state index is 11.7. The SMILES string of the molecule is Cc1ccc(CCC(=O)NCc2cc(Br)c[nH]2)cc1. The van der Waals surface area contributed by atoms with Crippen LogP contribution in [0.15, 0.2) is 41.0 Å². The van der Waals surface area contributed by atoms with Gasteiger partial charge in [-0.2, -0.15) is 0 Å². The van der Waals surface area contributed by atoms with Gasteiger partial charge in [0.1, 0.15) is 0 Å². The number of carbonyl (C=O) groups excluding carboxylic acids is 1. The first kappa shape index (κ1) is 13.9. The van der Waals surface area contributed by atoms with E-state index in [1.807, 2.05) is 12.3 Å². The quantitative estimate of drug-likeness (QED) is 0.872. The van der Waals surface area contributed by atoms with Crippen LogP contribution in [0.4, 0.5) is 0 Å². The zero-order chi connectivity index (χ0) is 13.7. The second kappa shape index (κ2) is 6.57. The van der Waals surface area contributed by atoms with Gasteiger partial charge >= 0.3 is 0 Å². The molecular weight excluding hydrogens is 304 g/mol. The van der Waals surface area contributed by atoms with E-state index in [0.29, 0.717) is 13.0 Å². The Bertz CT molecular complexity index is 546. The van der Waals surface area contributed by atoms with Gasteiger partial charge in [-0.1, -0.05) is 29.8 Å². The van der Waals surface area contributed by atoms with Crippen molar-refractivity contribution in [2.45, 2.75) is 26.3 Å². The number of carbonyl (C=O) groups is 1. The first-order chi connectivity index (χ1) is 9.13. The van der Waals surface area contributed by atoms with Crippen molar-refractivity contribution in [3.05, 3.63) is 57.8 Å². The predicted octanol–water partition coefficient (Wildman–Crippen LogP) is 3.33. The third-order valence-electron chi connectivity index (χ3n) is 2.94. The number of hydrogen-bond donors (Lipinski definition) is 2. The lowest BCUT2D eigenvalue weighted by Crippen LogP contribution is -2.23. The smallest absolute Gasteiger partial charge is 0.220 e. The Hall–Kier alpha value is -1.55. The normalized spacial score (nSPS) is 10.4. The third kappa shape index (κ3) is 4.56. The standard InChI is InChI=1S/C15H17BrN2O/c1-11-2-4-12(5-3-11)6-7-15(19)18-10-14-8-13(16)9-17-14/h2-5,8-9,17H,6-7,10H2,1H3,(H,18,19). The number of halogens is 1. The lowest BCUT2D eigenvalue weighted by Gasteiger charge is -2.04. The van der Waals surface area contributed by atoms with Crippen LogP contribution in [0.3, 0.4) is 0 Å². The summed E-state index contributed by atoms with van der Waals surface area (Å²) in [7, 11) is 0. The Labute approximate surface area is 121 Å². The van der Waals surface area contributed by atoms with Crippen molar-refractivity contribution < 1.29 is 4.79 Å². The maximum Gasteiger partial charge on any atom is 0.220 e. The van der Waals surface area contributed by atoms with E-state index >= 15 is 0 Å². The average Bonchev–Trinajstić information content (AvgIpc) is 2.81. The third-order valence-corrected chi connectivity index (χ3v) is 3.40. The molecule has 2 aromatic rings. The van der Waals surface area contributed by atoms with Crippen molar-refractivity contribution in [1.82, 2.24) is 10.3 Å². The van der Waals surface area contributed by atoms with Gasteiger partial charge in [0.15, 0.2) is 0 Å². The zero-order valence-electron chi connectivity index (χ0n) is 10.9. The van der Waals surface area contributed by atoms with Gasteiger partial charge in [-0.05, 0) is 40.9 Å². The summed E-state index contributed by atoms with van der Waals surface area (Å²) in [5.74, 6) is 0.0753. The Kier molecular flexibility index (Phi) is 4.80. The first-order valence-corrected chi connectivity index (χ1v) is 7.08.